The van der Waals surface area contributed by atoms with Gasteiger partial charge in [-0.15, -0.1) is 0 Å². The molecule has 0 unspecified atom stereocenters. The fourth-order valence-corrected chi connectivity index (χ4v) is 1.20. The molecular weight excluding hydrogens is 157 g/mol. The zero-order valence-electron chi connectivity index (χ0n) is 6.53. The lowest BCUT2D eigenvalue weighted by atomic mass is 10.3. The molecule has 11 heavy (non-hydrogen) atoms. The fraction of sp³-hybridized carbons (Fsp3) is 0.250. The molecule has 0 aliphatic rings. The fourth-order valence-electron chi connectivity index (χ4n) is 0.681. The van der Waals surface area contributed by atoms with Crippen LogP contribution in [0.4, 0.5) is 0 Å². The van der Waals surface area contributed by atoms with Crippen molar-refractivity contribution in [3.8, 4) is 5.75 Å². The Kier molecular flexibility index (Phi) is 3.34. The first kappa shape index (κ1) is 8.51. The molecule has 0 bridgehead atoms. The predicted octanol–water partition coefficient (Wildman–Crippen LogP) is 2.36. The molecule has 2 nitrogen and oxygen atoms in total. The number of hydrogen-bond acceptors (Lipinski definition) is 2. The summed E-state index contributed by atoms with van der Waals surface area (Å²) in [5.74, 6) is 0.864. The number of para-hydroxylation sites is 1. The highest BCUT2D eigenvalue weighted by molar-refractivity contribution is 7.50. The molecule has 0 heterocycles. The summed E-state index contributed by atoms with van der Waals surface area (Å²) in [6, 6.07) is 9.66. The maximum atomic E-state index is 5.65. The second-order valence-corrected chi connectivity index (χ2v) is 3.79. The van der Waals surface area contributed by atoms with Crippen molar-refractivity contribution >= 4 is 8.30 Å². The molecule has 0 saturated heterocycles. The van der Waals surface area contributed by atoms with E-state index in [0.717, 1.165) is 11.9 Å². The third-order valence-corrected chi connectivity index (χ3v) is 2.35. The molecule has 0 radical (unpaired) electrons. The van der Waals surface area contributed by atoms with E-state index in [9.17, 15) is 0 Å². The summed E-state index contributed by atoms with van der Waals surface area (Å²) in [5.41, 5.74) is 5.65. The summed E-state index contributed by atoms with van der Waals surface area (Å²) in [7, 11) is -0.755. The Morgan fingerprint density at radius 2 is 2.00 bits per heavy atom. The zero-order chi connectivity index (χ0) is 8.10. The van der Waals surface area contributed by atoms with Gasteiger partial charge >= 0.3 is 0 Å². The molecule has 1 aromatic rings. The first-order valence-corrected chi connectivity index (χ1v) is 5.09. The van der Waals surface area contributed by atoms with Crippen molar-refractivity contribution in [3.63, 3.8) is 0 Å². The quantitative estimate of drug-likeness (QED) is 0.705. The van der Waals surface area contributed by atoms with E-state index in [1.165, 1.54) is 0 Å². The van der Waals surface area contributed by atoms with Gasteiger partial charge in [-0.25, -0.2) is 0 Å². The van der Waals surface area contributed by atoms with Crippen LogP contribution in [-0.4, -0.2) is 6.16 Å². The molecule has 0 fully saturated rings. The van der Waals surface area contributed by atoms with E-state index in [2.05, 4.69) is 0 Å². The van der Waals surface area contributed by atoms with Crippen LogP contribution >= 0.6 is 8.30 Å². The molecule has 2 N–H and O–H groups in total. The summed E-state index contributed by atoms with van der Waals surface area (Å²) >= 11 is 0. The second kappa shape index (κ2) is 4.32. The van der Waals surface area contributed by atoms with Gasteiger partial charge in [0.1, 0.15) is 5.75 Å². The molecule has 0 aromatic heterocycles. The second-order valence-electron chi connectivity index (χ2n) is 2.14. The van der Waals surface area contributed by atoms with Crippen LogP contribution in [0.2, 0.25) is 0 Å². The molecule has 0 spiro atoms. The largest absolute Gasteiger partial charge is 0.458 e. The highest BCUT2D eigenvalue weighted by Crippen LogP contribution is 2.28. The molecular formula is C8H12NOP. The lowest BCUT2D eigenvalue weighted by molar-refractivity contribution is 0.614. The molecule has 60 valence electrons. The standard InChI is InChI=1S/C8H12NOP/c1-2-11(9)10-8-6-4-3-5-7-8/h3-7H,2,9H2,1H3/t11-/m1/s1. The number of benzene rings is 1. The van der Waals surface area contributed by atoms with Gasteiger partial charge in [0.25, 0.3) is 0 Å². The lowest BCUT2D eigenvalue weighted by Crippen LogP contribution is -1.97. The van der Waals surface area contributed by atoms with Crippen LogP contribution < -0.4 is 10.0 Å². The van der Waals surface area contributed by atoms with Crippen LogP contribution in [-0.2, 0) is 0 Å². The van der Waals surface area contributed by atoms with E-state index < -0.39 is 8.30 Å². The average Bonchev–Trinajstić information content (AvgIpc) is 2.06. The topological polar surface area (TPSA) is 35.2 Å². The average molecular weight is 169 g/mol. The number of rotatable bonds is 3. The highest BCUT2D eigenvalue weighted by atomic mass is 31.2. The predicted molar refractivity (Wildman–Crippen MR) is 48.7 cm³/mol. The van der Waals surface area contributed by atoms with Gasteiger partial charge in [0.2, 0.25) is 0 Å². The Balaban J connectivity index is 2.51. The third kappa shape index (κ3) is 2.87. The minimum absolute atomic E-state index is 0.755. The van der Waals surface area contributed by atoms with Crippen molar-refractivity contribution in [2.45, 2.75) is 6.92 Å². The zero-order valence-corrected chi connectivity index (χ0v) is 7.42. The van der Waals surface area contributed by atoms with Crippen molar-refractivity contribution in [1.29, 1.82) is 0 Å². The molecule has 0 amide bonds. The van der Waals surface area contributed by atoms with Gasteiger partial charge in [-0.2, -0.15) is 0 Å². The lowest BCUT2D eigenvalue weighted by Gasteiger charge is -2.10. The van der Waals surface area contributed by atoms with Gasteiger partial charge in [-0.3, -0.25) is 5.50 Å². The Hall–Kier alpha value is -0.590. The van der Waals surface area contributed by atoms with Gasteiger partial charge in [0.05, 0.1) is 0 Å². The van der Waals surface area contributed by atoms with E-state index in [0.29, 0.717) is 0 Å². The third-order valence-electron chi connectivity index (χ3n) is 1.28. The van der Waals surface area contributed by atoms with E-state index in [1.807, 2.05) is 37.3 Å². The van der Waals surface area contributed by atoms with Crippen molar-refractivity contribution < 1.29 is 4.52 Å². The van der Waals surface area contributed by atoms with E-state index in [1.54, 1.807) is 0 Å². The van der Waals surface area contributed by atoms with Crippen LogP contribution in [0.1, 0.15) is 6.92 Å². The van der Waals surface area contributed by atoms with Crippen molar-refractivity contribution in [3.05, 3.63) is 30.3 Å². The first-order chi connectivity index (χ1) is 5.33. The minimum atomic E-state index is -0.755. The molecule has 3 heteroatoms. The highest BCUT2D eigenvalue weighted by Gasteiger charge is 1.99. The van der Waals surface area contributed by atoms with E-state index in [4.69, 9.17) is 10.0 Å². The van der Waals surface area contributed by atoms with Gasteiger partial charge in [0, 0.05) is 6.16 Å². The molecule has 1 aromatic carbocycles. The Morgan fingerprint density at radius 1 is 1.36 bits per heavy atom. The van der Waals surface area contributed by atoms with E-state index >= 15 is 0 Å². The maximum absolute atomic E-state index is 5.65. The normalized spacial score (nSPS) is 12.5. The summed E-state index contributed by atoms with van der Waals surface area (Å²) in [4.78, 5) is 0. The molecule has 0 aliphatic carbocycles. The van der Waals surface area contributed by atoms with Gasteiger partial charge in [-0.1, -0.05) is 25.1 Å². The Morgan fingerprint density at radius 3 is 2.55 bits per heavy atom. The van der Waals surface area contributed by atoms with Gasteiger partial charge < -0.3 is 4.52 Å². The minimum Gasteiger partial charge on any atom is -0.458 e. The molecule has 1 atom stereocenters. The van der Waals surface area contributed by atoms with Crippen molar-refractivity contribution in [1.82, 2.24) is 0 Å². The van der Waals surface area contributed by atoms with Crippen LogP contribution in [0.15, 0.2) is 30.3 Å². The smallest absolute Gasteiger partial charge is 0.158 e. The summed E-state index contributed by atoms with van der Waals surface area (Å²) in [5, 5.41) is 0. The summed E-state index contributed by atoms with van der Waals surface area (Å²) in [6.45, 7) is 2.02. The molecule has 0 aliphatic heterocycles. The first-order valence-electron chi connectivity index (χ1n) is 3.58. The van der Waals surface area contributed by atoms with Crippen LogP contribution in [0.25, 0.3) is 0 Å². The number of nitrogens with two attached hydrogens (primary N) is 1. The van der Waals surface area contributed by atoms with Gasteiger partial charge in [0.15, 0.2) is 8.30 Å². The van der Waals surface area contributed by atoms with Crippen LogP contribution in [0.3, 0.4) is 0 Å². The monoisotopic (exact) mass is 169 g/mol. The van der Waals surface area contributed by atoms with Crippen molar-refractivity contribution in [2.75, 3.05) is 6.16 Å². The maximum Gasteiger partial charge on any atom is 0.158 e. The molecule has 0 saturated carbocycles. The Bertz CT molecular complexity index is 203. The van der Waals surface area contributed by atoms with Crippen molar-refractivity contribution in [2.24, 2.45) is 5.50 Å². The summed E-state index contributed by atoms with van der Waals surface area (Å²) in [6.07, 6.45) is 0.893. The van der Waals surface area contributed by atoms with E-state index in [-0.39, 0.29) is 0 Å². The van der Waals surface area contributed by atoms with Gasteiger partial charge in [-0.05, 0) is 12.1 Å². The molecule has 1 rings (SSSR count). The van der Waals surface area contributed by atoms with Crippen LogP contribution in [0.5, 0.6) is 5.75 Å². The SMILES string of the molecule is CC[P@](N)Oc1ccccc1. The summed E-state index contributed by atoms with van der Waals surface area (Å²) < 4.78 is 5.41. The Labute approximate surface area is 68.3 Å². The van der Waals surface area contributed by atoms with Crippen LogP contribution in [0, 0.1) is 0 Å². The number of hydrogen-bond donors (Lipinski definition) is 1.